The zero-order valence-corrected chi connectivity index (χ0v) is 14.9. The average molecular weight is 419 g/mol. The quantitative estimate of drug-likeness (QED) is 0.541. The summed E-state index contributed by atoms with van der Waals surface area (Å²) in [5.74, 6) is 1.63. The summed E-state index contributed by atoms with van der Waals surface area (Å²) in [5, 5.41) is 13.8. The number of fused-ring (bicyclic) bond motifs is 3. The fourth-order valence-corrected chi connectivity index (χ4v) is 4.31. The lowest BCUT2D eigenvalue weighted by atomic mass is 9.77. The summed E-state index contributed by atoms with van der Waals surface area (Å²) in [5.41, 5.74) is 3.68. The molecule has 118 valence electrons. The van der Waals surface area contributed by atoms with E-state index in [4.69, 9.17) is 4.74 Å². The first-order valence-electron chi connectivity index (χ1n) is 7.77. The molecule has 2 N–H and O–H groups in total. The van der Waals surface area contributed by atoms with Gasteiger partial charge in [0.15, 0.2) is 11.5 Å². The predicted octanol–water partition coefficient (Wildman–Crippen LogP) is 4.83. The molecule has 1 aliphatic carbocycles. The van der Waals surface area contributed by atoms with Gasteiger partial charge in [-0.05, 0) is 76.4 Å². The zero-order valence-electron chi connectivity index (χ0n) is 12.8. The number of hydrogen-bond acceptors (Lipinski definition) is 3. The van der Waals surface area contributed by atoms with Crippen LogP contribution in [0.4, 0.5) is 5.69 Å². The lowest BCUT2D eigenvalue weighted by Crippen LogP contribution is -2.29. The smallest absolute Gasteiger partial charge is 0.160 e. The number of aromatic hydroxyl groups is 1. The van der Waals surface area contributed by atoms with Gasteiger partial charge in [0.05, 0.1) is 13.2 Å². The number of halogens is 1. The highest BCUT2D eigenvalue weighted by Gasteiger charge is 2.38. The Labute approximate surface area is 149 Å². The summed E-state index contributed by atoms with van der Waals surface area (Å²) in [6, 6.07) is 12.5. The summed E-state index contributed by atoms with van der Waals surface area (Å²) in [7, 11) is 1.57. The van der Waals surface area contributed by atoms with Crippen LogP contribution in [0.1, 0.15) is 29.5 Å². The van der Waals surface area contributed by atoms with E-state index in [1.807, 2.05) is 18.2 Å². The average Bonchev–Trinajstić information content (AvgIpc) is 3.04. The summed E-state index contributed by atoms with van der Waals surface area (Å²) >= 11 is 2.37. The van der Waals surface area contributed by atoms with Crippen LogP contribution < -0.4 is 10.1 Å². The highest BCUT2D eigenvalue weighted by atomic mass is 127. The summed E-state index contributed by atoms with van der Waals surface area (Å²) in [4.78, 5) is 0. The topological polar surface area (TPSA) is 41.5 Å². The molecule has 4 rings (SSSR count). The Morgan fingerprint density at radius 3 is 2.87 bits per heavy atom. The number of methoxy groups -OCH3 is 1. The molecular weight excluding hydrogens is 401 g/mol. The third-order valence-electron chi connectivity index (χ3n) is 4.89. The first-order chi connectivity index (χ1) is 11.2. The van der Waals surface area contributed by atoms with Crippen molar-refractivity contribution in [1.29, 1.82) is 0 Å². The molecule has 0 spiro atoms. The standard InChI is InChI=1S/C19H18INO2/c1-23-18-8-5-11(9-17(18)22)19-14-4-2-3-13(14)15-10-12(20)6-7-16(15)21-19/h2-3,5-10,13-14,19,21-22H,4H2,1H3. The molecule has 3 nitrogen and oxygen atoms in total. The Balaban J connectivity index is 1.76. The maximum atomic E-state index is 10.1. The minimum absolute atomic E-state index is 0.194. The predicted molar refractivity (Wildman–Crippen MR) is 100 cm³/mol. The lowest BCUT2D eigenvalue weighted by molar-refractivity contribution is 0.371. The van der Waals surface area contributed by atoms with Gasteiger partial charge in [-0.2, -0.15) is 0 Å². The fourth-order valence-electron chi connectivity index (χ4n) is 3.80. The fraction of sp³-hybridized carbons (Fsp3) is 0.263. The molecule has 1 heterocycles. The van der Waals surface area contributed by atoms with Crippen molar-refractivity contribution in [2.45, 2.75) is 18.4 Å². The second-order valence-electron chi connectivity index (χ2n) is 6.14. The van der Waals surface area contributed by atoms with Crippen molar-refractivity contribution in [3.63, 3.8) is 0 Å². The lowest BCUT2D eigenvalue weighted by Gasteiger charge is -2.37. The largest absolute Gasteiger partial charge is 0.504 e. The van der Waals surface area contributed by atoms with Crippen molar-refractivity contribution < 1.29 is 9.84 Å². The van der Waals surface area contributed by atoms with Crippen LogP contribution in [-0.2, 0) is 0 Å². The third-order valence-corrected chi connectivity index (χ3v) is 5.56. The first kappa shape index (κ1) is 14.9. The minimum atomic E-state index is 0.194. The Morgan fingerprint density at radius 2 is 2.09 bits per heavy atom. The number of nitrogens with one attached hydrogen (secondary N) is 1. The van der Waals surface area contributed by atoms with E-state index in [0.29, 0.717) is 17.6 Å². The first-order valence-corrected chi connectivity index (χ1v) is 8.85. The number of rotatable bonds is 2. The number of phenolic OH excluding ortho intramolecular Hbond substituents is 1. The van der Waals surface area contributed by atoms with Crippen molar-refractivity contribution in [2.24, 2.45) is 5.92 Å². The molecule has 3 atom stereocenters. The van der Waals surface area contributed by atoms with Crippen LogP contribution in [0.5, 0.6) is 11.5 Å². The van der Waals surface area contributed by atoms with E-state index in [2.05, 4.69) is 58.3 Å². The van der Waals surface area contributed by atoms with E-state index in [9.17, 15) is 5.11 Å². The molecule has 0 bridgehead atoms. The van der Waals surface area contributed by atoms with Crippen LogP contribution in [-0.4, -0.2) is 12.2 Å². The molecule has 2 aromatic carbocycles. The molecule has 0 radical (unpaired) electrons. The van der Waals surface area contributed by atoms with E-state index in [1.54, 1.807) is 7.11 Å². The molecule has 2 aromatic rings. The number of ether oxygens (including phenoxy) is 1. The summed E-state index contributed by atoms with van der Waals surface area (Å²) in [6.07, 6.45) is 5.67. The van der Waals surface area contributed by atoms with Crippen molar-refractivity contribution in [1.82, 2.24) is 0 Å². The highest BCUT2D eigenvalue weighted by Crippen LogP contribution is 2.50. The van der Waals surface area contributed by atoms with Crippen LogP contribution in [0.15, 0.2) is 48.6 Å². The SMILES string of the molecule is COc1ccc(C2Nc3ccc(I)cc3C3C=CCC32)cc1O. The maximum absolute atomic E-state index is 10.1. The molecule has 0 aromatic heterocycles. The molecule has 0 saturated heterocycles. The number of allylic oxidation sites excluding steroid dienone is 2. The Hall–Kier alpha value is -1.69. The molecule has 3 unspecified atom stereocenters. The van der Waals surface area contributed by atoms with Gasteiger partial charge in [0.2, 0.25) is 0 Å². The Kier molecular flexibility index (Phi) is 3.71. The second-order valence-corrected chi connectivity index (χ2v) is 7.38. The van der Waals surface area contributed by atoms with Gasteiger partial charge < -0.3 is 15.2 Å². The van der Waals surface area contributed by atoms with Gasteiger partial charge in [-0.15, -0.1) is 0 Å². The van der Waals surface area contributed by atoms with Crippen molar-refractivity contribution >= 4 is 28.3 Å². The zero-order chi connectivity index (χ0) is 16.0. The minimum Gasteiger partial charge on any atom is -0.504 e. The van der Waals surface area contributed by atoms with Crippen LogP contribution in [0.3, 0.4) is 0 Å². The van der Waals surface area contributed by atoms with E-state index < -0.39 is 0 Å². The molecule has 4 heteroatoms. The number of anilines is 1. The van der Waals surface area contributed by atoms with Gasteiger partial charge in [0, 0.05) is 15.2 Å². The van der Waals surface area contributed by atoms with Crippen LogP contribution in [0.25, 0.3) is 0 Å². The molecule has 0 saturated carbocycles. The monoisotopic (exact) mass is 419 g/mol. The molecule has 0 amide bonds. The van der Waals surface area contributed by atoms with Gasteiger partial charge in [-0.3, -0.25) is 0 Å². The van der Waals surface area contributed by atoms with Gasteiger partial charge in [0.1, 0.15) is 0 Å². The highest BCUT2D eigenvalue weighted by molar-refractivity contribution is 14.1. The molecule has 0 fully saturated rings. The van der Waals surface area contributed by atoms with Crippen LogP contribution in [0, 0.1) is 9.49 Å². The maximum Gasteiger partial charge on any atom is 0.160 e. The van der Waals surface area contributed by atoms with Gasteiger partial charge in [-0.1, -0.05) is 18.2 Å². The van der Waals surface area contributed by atoms with Crippen molar-refractivity contribution in [2.75, 3.05) is 12.4 Å². The van der Waals surface area contributed by atoms with Crippen molar-refractivity contribution in [3.05, 3.63) is 63.2 Å². The van der Waals surface area contributed by atoms with E-state index in [-0.39, 0.29) is 11.8 Å². The van der Waals surface area contributed by atoms with Gasteiger partial charge in [-0.25, -0.2) is 0 Å². The Bertz CT molecular complexity index is 787. The summed E-state index contributed by atoms with van der Waals surface area (Å²) < 4.78 is 6.43. The molecule has 2 aliphatic rings. The van der Waals surface area contributed by atoms with E-state index in [1.165, 1.54) is 14.8 Å². The summed E-state index contributed by atoms with van der Waals surface area (Å²) in [6.45, 7) is 0. The van der Waals surface area contributed by atoms with Crippen molar-refractivity contribution in [3.8, 4) is 11.5 Å². The van der Waals surface area contributed by atoms with Crippen LogP contribution in [0.2, 0.25) is 0 Å². The molecule has 23 heavy (non-hydrogen) atoms. The second kappa shape index (κ2) is 5.74. The van der Waals surface area contributed by atoms with Gasteiger partial charge in [0.25, 0.3) is 0 Å². The van der Waals surface area contributed by atoms with E-state index >= 15 is 0 Å². The normalized spacial score (nSPS) is 24.7. The Morgan fingerprint density at radius 1 is 1.22 bits per heavy atom. The third kappa shape index (κ3) is 2.49. The van der Waals surface area contributed by atoms with E-state index in [0.717, 1.165) is 12.0 Å². The number of phenols is 1. The number of hydrogen-bond donors (Lipinski definition) is 2. The number of benzene rings is 2. The molecule has 1 aliphatic heterocycles. The van der Waals surface area contributed by atoms with Crippen LogP contribution >= 0.6 is 22.6 Å². The molecular formula is C19H18INO2. The van der Waals surface area contributed by atoms with Gasteiger partial charge >= 0.3 is 0 Å².